The number of methoxy groups -OCH3 is 1. The highest BCUT2D eigenvalue weighted by Gasteiger charge is 2.23. The van der Waals surface area contributed by atoms with Crippen molar-refractivity contribution in [3.05, 3.63) is 64.7 Å². The van der Waals surface area contributed by atoms with E-state index in [1.807, 2.05) is 24.3 Å². The fraction of sp³-hybridized carbons (Fsp3) is 0.333. The Kier molecular flexibility index (Phi) is 8.41. The number of nitrogens with one attached hydrogen (secondary N) is 3. The van der Waals surface area contributed by atoms with Gasteiger partial charge in [0.25, 0.3) is 11.8 Å². The van der Waals surface area contributed by atoms with Crippen LogP contribution in [0, 0.1) is 0 Å². The zero-order valence-electron chi connectivity index (χ0n) is 20.7. The number of alkyl carbamates (subject to hydrolysis) is 1. The lowest BCUT2D eigenvalue weighted by Crippen LogP contribution is -2.46. The van der Waals surface area contributed by atoms with E-state index in [-0.39, 0.29) is 5.69 Å². The van der Waals surface area contributed by atoms with E-state index >= 15 is 0 Å². The summed E-state index contributed by atoms with van der Waals surface area (Å²) in [7, 11) is 1.61. The van der Waals surface area contributed by atoms with Gasteiger partial charge in [-0.3, -0.25) is 24.4 Å². The van der Waals surface area contributed by atoms with Crippen LogP contribution in [0.2, 0.25) is 0 Å². The van der Waals surface area contributed by atoms with Crippen molar-refractivity contribution in [2.24, 2.45) is 0 Å². The van der Waals surface area contributed by atoms with Crippen molar-refractivity contribution >= 4 is 39.5 Å². The van der Waals surface area contributed by atoms with Crippen LogP contribution in [0.4, 0.5) is 10.5 Å². The van der Waals surface area contributed by atoms with E-state index in [1.54, 1.807) is 44.8 Å². The van der Waals surface area contributed by atoms with Gasteiger partial charge < -0.3 is 20.1 Å². The van der Waals surface area contributed by atoms with Crippen LogP contribution >= 0.6 is 15.9 Å². The molecule has 0 saturated heterocycles. The molecule has 3 aromatic rings. The molecule has 36 heavy (non-hydrogen) atoms. The molecule has 0 fully saturated rings. The third kappa shape index (κ3) is 7.35. The van der Waals surface area contributed by atoms with Crippen molar-refractivity contribution < 1.29 is 23.9 Å². The lowest BCUT2D eigenvalue weighted by atomic mass is 10.2. The van der Waals surface area contributed by atoms with Gasteiger partial charge >= 0.3 is 6.09 Å². The van der Waals surface area contributed by atoms with E-state index in [0.717, 1.165) is 11.3 Å². The Labute approximate surface area is 217 Å². The fourth-order valence-electron chi connectivity index (χ4n) is 3.11. The van der Waals surface area contributed by atoms with Crippen LogP contribution in [0.5, 0.6) is 5.75 Å². The number of hydrogen-bond donors (Lipinski definition) is 3. The summed E-state index contributed by atoms with van der Waals surface area (Å²) in [6, 6.07) is 8.31. The standard InChI is InChI=1S/C24H29BrN6O5/c1-15(27-23(34)36-24(2,3)4)21(32)29-31-11-10-19(25)20(31)22(33)28-17-12-26-30(14-17)13-16-6-8-18(35-5)9-7-16/h6-12,14-15H,13H2,1-5H3,(H,27,34)(H,28,33)(H,29,32)/t15-/m0/s1. The fourth-order valence-corrected chi connectivity index (χ4v) is 3.60. The number of rotatable bonds is 8. The Morgan fingerprint density at radius 1 is 1.14 bits per heavy atom. The summed E-state index contributed by atoms with van der Waals surface area (Å²) in [6.45, 7) is 7.19. The summed E-state index contributed by atoms with van der Waals surface area (Å²) >= 11 is 3.34. The van der Waals surface area contributed by atoms with Crippen LogP contribution in [-0.2, 0) is 16.1 Å². The maximum atomic E-state index is 13.0. The van der Waals surface area contributed by atoms with Gasteiger partial charge in [0.05, 0.1) is 30.0 Å². The molecule has 3 N–H and O–H groups in total. The van der Waals surface area contributed by atoms with E-state index in [0.29, 0.717) is 16.7 Å². The van der Waals surface area contributed by atoms with Crippen LogP contribution in [0.25, 0.3) is 0 Å². The zero-order valence-corrected chi connectivity index (χ0v) is 22.3. The number of carbonyl (C=O) groups excluding carboxylic acids is 3. The summed E-state index contributed by atoms with van der Waals surface area (Å²) in [5.74, 6) is -0.239. The molecule has 0 radical (unpaired) electrons. The molecule has 2 aromatic heterocycles. The van der Waals surface area contributed by atoms with Crippen LogP contribution in [-0.4, -0.2) is 51.1 Å². The van der Waals surface area contributed by atoms with Crippen molar-refractivity contribution in [1.29, 1.82) is 0 Å². The first-order valence-corrected chi connectivity index (χ1v) is 11.9. The molecule has 3 rings (SSSR count). The number of aromatic nitrogens is 3. The van der Waals surface area contributed by atoms with Crippen molar-refractivity contribution in [2.45, 2.75) is 45.9 Å². The highest BCUT2D eigenvalue weighted by atomic mass is 79.9. The van der Waals surface area contributed by atoms with Crippen LogP contribution < -0.4 is 20.8 Å². The smallest absolute Gasteiger partial charge is 0.408 e. The molecule has 192 valence electrons. The van der Waals surface area contributed by atoms with Crippen LogP contribution in [0.15, 0.2) is 53.4 Å². The molecule has 0 aliphatic carbocycles. The summed E-state index contributed by atoms with van der Waals surface area (Å²) < 4.78 is 13.8. The predicted octanol–water partition coefficient (Wildman–Crippen LogP) is 3.74. The van der Waals surface area contributed by atoms with Gasteiger partial charge in [0.15, 0.2) is 0 Å². The molecule has 11 nitrogen and oxygen atoms in total. The van der Waals surface area contributed by atoms with E-state index in [4.69, 9.17) is 9.47 Å². The first kappa shape index (κ1) is 26.8. The molecule has 3 amide bonds. The maximum Gasteiger partial charge on any atom is 0.408 e. The number of anilines is 1. The Bertz CT molecular complexity index is 1230. The molecule has 2 heterocycles. The number of halogens is 1. The van der Waals surface area contributed by atoms with Gasteiger partial charge in [-0.05, 0) is 67.4 Å². The average Bonchev–Trinajstić information content (AvgIpc) is 3.38. The Hall–Kier alpha value is -3.80. The number of benzene rings is 1. The molecule has 0 unspecified atom stereocenters. The van der Waals surface area contributed by atoms with Gasteiger partial charge in [-0.2, -0.15) is 5.10 Å². The maximum absolute atomic E-state index is 13.0. The third-order valence-corrected chi connectivity index (χ3v) is 5.44. The van der Waals surface area contributed by atoms with Crippen LogP contribution in [0.1, 0.15) is 43.7 Å². The molecule has 1 atom stereocenters. The van der Waals surface area contributed by atoms with Crippen molar-refractivity contribution in [1.82, 2.24) is 19.8 Å². The number of amides is 3. The molecule has 1 aromatic carbocycles. The second-order valence-electron chi connectivity index (χ2n) is 8.96. The van der Waals surface area contributed by atoms with Crippen molar-refractivity contribution in [2.75, 3.05) is 17.9 Å². The van der Waals surface area contributed by atoms with E-state index < -0.39 is 29.6 Å². The Balaban J connectivity index is 1.62. The highest BCUT2D eigenvalue weighted by Crippen LogP contribution is 2.20. The largest absolute Gasteiger partial charge is 0.497 e. The molecule has 12 heteroatoms. The first-order valence-electron chi connectivity index (χ1n) is 11.1. The summed E-state index contributed by atoms with van der Waals surface area (Å²) in [6.07, 6.45) is 4.04. The Morgan fingerprint density at radius 3 is 2.47 bits per heavy atom. The average molecular weight is 561 g/mol. The predicted molar refractivity (Wildman–Crippen MR) is 138 cm³/mol. The molecular formula is C24H29BrN6O5. The number of carbonyl (C=O) groups is 3. The van der Waals surface area contributed by atoms with Gasteiger partial charge in [0.2, 0.25) is 0 Å². The van der Waals surface area contributed by atoms with Gasteiger partial charge in [-0.25, -0.2) is 4.79 Å². The van der Waals surface area contributed by atoms with Crippen molar-refractivity contribution in [3.63, 3.8) is 0 Å². The van der Waals surface area contributed by atoms with Crippen molar-refractivity contribution in [3.8, 4) is 5.75 Å². The van der Waals surface area contributed by atoms with E-state index in [9.17, 15) is 14.4 Å². The zero-order chi connectivity index (χ0) is 26.5. The summed E-state index contributed by atoms with van der Waals surface area (Å²) in [5.41, 5.74) is 3.57. The van der Waals surface area contributed by atoms with Crippen LogP contribution in [0.3, 0.4) is 0 Å². The first-order chi connectivity index (χ1) is 16.9. The van der Waals surface area contributed by atoms with Gasteiger partial charge in [-0.1, -0.05) is 12.1 Å². The molecule has 0 aliphatic rings. The highest BCUT2D eigenvalue weighted by molar-refractivity contribution is 9.10. The minimum Gasteiger partial charge on any atom is -0.497 e. The normalized spacial score (nSPS) is 11.9. The minimum absolute atomic E-state index is 0.163. The number of ether oxygens (including phenoxy) is 2. The van der Waals surface area contributed by atoms with E-state index in [2.05, 4.69) is 37.1 Å². The molecule has 0 spiro atoms. The molecular weight excluding hydrogens is 532 g/mol. The second-order valence-corrected chi connectivity index (χ2v) is 9.81. The molecule has 0 aliphatic heterocycles. The molecule has 0 bridgehead atoms. The molecule has 0 saturated carbocycles. The number of hydrogen-bond acceptors (Lipinski definition) is 6. The third-order valence-electron chi connectivity index (χ3n) is 4.80. The van der Waals surface area contributed by atoms with E-state index in [1.165, 1.54) is 24.0 Å². The summed E-state index contributed by atoms with van der Waals surface area (Å²) in [4.78, 5) is 37.5. The minimum atomic E-state index is -0.909. The lowest BCUT2D eigenvalue weighted by Gasteiger charge is -2.22. The Morgan fingerprint density at radius 2 is 1.83 bits per heavy atom. The topological polar surface area (TPSA) is 129 Å². The quantitative estimate of drug-likeness (QED) is 0.385. The van der Waals surface area contributed by atoms with Gasteiger partial charge in [0.1, 0.15) is 23.1 Å². The monoisotopic (exact) mass is 560 g/mol. The number of nitrogens with zero attached hydrogens (tertiary/aromatic N) is 3. The SMILES string of the molecule is COc1ccc(Cn2cc(NC(=O)c3c(Br)ccn3NC(=O)[C@H](C)NC(=O)OC(C)(C)C)cn2)cc1. The lowest BCUT2D eigenvalue weighted by molar-refractivity contribution is -0.118. The van der Waals surface area contributed by atoms with Gasteiger partial charge in [-0.15, -0.1) is 0 Å². The summed E-state index contributed by atoms with van der Waals surface area (Å²) in [5, 5.41) is 9.53. The second kappa shape index (κ2) is 11.3. The van der Waals surface area contributed by atoms with Gasteiger partial charge in [0, 0.05) is 12.4 Å².